The van der Waals surface area contributed by atoms with Gasteiger partial charge in [0.1, 0.15) is 5.82 Å². The average Bonchev–Trinajstić information content (AvgIpc) is 2.55. The van der Waals surface area contributed by atoms with E-state index in [-0.39, 0.29) is 11.9 Å². The monoisotopic (exact) mass is 316 g/mol. The normalized spacial score (nSPS) is 15.1. The average molecular weight is 316 g/mol. The van der Waals surface area contributed by atoms with Crippen LogP contribution in [0.2, 0.25) is 0 Å². The van der Waals surface area contributed by atoms with Crippen molar-refractivity contribution in [1.29, 1.82) is 0 Å². The summed E-state index contributed by atoms with van der Waals surface area (Å²) in [6.07, 6.45) is 1.82. The molecule has 2 aromatic rings. The number of anilines is 2. The number of rotatable bonds is 4. The predicted octanol–water partition coefficient (Wildman–Crippen LogP) is 2.73. The van der Waals surface area contributed by atoms with Crippen molar-refractivity contribution in [2.24, 2.45) is 0 Å². The first-order chi connectivity index (χ1) is 11.1. The lowest BCUT2D eigenvalue weighted by Crippen LogP contribution is -2.47. The van der Waals surface area contributed by atoms with Gasteiger partial charge in [0.2, 0.25) is 11.8 Å². The zero-order valence-electron chi connectivity index (χ0n) is 13.4. The molecule has 3 rings (SSSR count). The van der Waals surface area contributed by atoms with E-state index in [1.54, 1.807) is 12.3 Å². The highest BCUT2D eigenvalue weighted by Crippen LogP contribution is 2.20. The number of piperazine rings is 1. The molecule has 2 heterocycles. The van der Waals surface area contributed by atoms with E-state index in [0.717, 1.165) is 31.9 Å². The van der Waals surface area contributed by atoms with Crippen molar-refractivity contribution in [3.8, 4) is 5.88 Å². The fraction of sp³-hybridized carbons (Fsp3) is 0.412. The summed E-state index contributed by atoms with van der Waals surface area (Å²) in [5, 5.41) is 0. The van der Waals surface area contributed by atoms with Gasteiger partial charge in [-0.05, 0) is 38.1 Å². The first-order valence-corrected chi connectivity index (χ1v) is 7.87. The molecule has 5 nitrogen and oxygen atoms in total. The molecular weight excluding hydrogens is 295 g/mol. The minimum atomic E-state index is -0.206. The Bertz CT molecular complexity index is 639. The standard InChI is InChI=1S/C17H21FN4O/c1-13(2)23-16-7-8-19-17(20-16)22-11-9-21(10-12-22)15-5-3-14(18)4-6-15/h3-8,13H,9-12H2,1-2H3. The minimum absolute atomic E-state index is 0.0908. The van der Waals surface area contributed by atoms with Crippen LogP contribution in [0.5, 0.6) is 5.88 Å². The Morgan fingerprint density at radius 3 is 2.30 bits per heavy atom. The summed E-state index contributed by atoms with van der Waals surface area (Å²) in [7, 11) is 0. The number of ether oxygens (including phenoxy) is 1. The van der Waals surface area contributed by atoms with E-state index in [1.807, 2.05) is 26.0 Å². The third kappa shape index (κ3) is 3.88. The van der Waals surface area contributed by atoms with Crippen LogP contribution in [-0.4, -0.2) is 42.3 Å². The number of nitrogens with zero attached hydrogens (tertiary/aromatic N) is 4. The summed E-state index contributed by atoms with van der Waals surface area (Å²) < 4.78 is 18.6. The minimum Gasteiger partial charge on any atom is -0.475 e. The van der Waals surface area contributed by atoms with Crippen LogP contribution in [0.15, 0.2) is 36.5 Å². The molecule has 0 saturated carbocycles. The molecule has 1 aromatic carbocycles. The van der Waals surface area contributed by atoms with Gasteiger partial charge in [0.05, 0.1) is 6.10 Å². The maximum absolute atomic E-state index is 13.0. The topological polar surface area (TPSA) is 41.5 Å². The number of hydrogen-bond acceptors (Lipinski definition) is 5. The zero-order chi connectivity index (χ0) is 16.2. The van der Waals surface area contributed by atoms with Crippen molar-refractivity contribution in [2.45, 2.75) is 20.0 Å². The molecule has 0 bridgehead atoms. The molecule has 122 valence electrons. The first kappa shape index (κ1) is 15.5. The van der Waals surface area contributed by atoms with Crippen LogP contribution in [0.1, 0.15) is 13.8 Å². The molecule has 0 N–H and O–H groups in total. The molecule has 1 saturated heterocycles. The van der Waals surface area contributed by atoms with E-state index in [2.05, 4.69) is 19.8 Å². The van der Waals surface area contributed by atoms with Crippen LogP contribution in [-0.2, 0) is 0 Å². The van der Waals surface area contributed by atoms with Gasteiger partial charge in [-0.2, -0.15) is 4.98 Å². The van der Waals surface area contributed by atoms with Crippen molar-refractivity contribution >= 4 is 11.6 Å². The molecule has 1 aromatic heterocycles. The lowest BCUT2D eigenvalue weighted by Gasteiger charge is -2.36. The van der Waals surface area contributed by atoms with Crippen molar-refractivity contribution in [3.63, 3.8) is 0 Å². The molecule has 0 spiro atoms. The SMILES string of the molecule is CC(C)Oc1ccnc(N2CCN(c3ccc(F)cc3)CC2)n1. The van der Waals surface area contributed by atoms with E-state index in [0.29, 0.717) is 11.8 Å². The second-order valence-electron chi connectivity index (χ2n) is 5.81. The van der Waals surface area contributed by atoms with Crippen LogP contribution in [0.3, 0.4) is 0 Å². The Balaban J connectivity index is 1.63. The highest BCUT2D eigenvalue weighted by Gasteiger charge is 2.19. The van der Waals surface area contributed by atoms with Gasteiger partial charge < -0.3 is 14.5 Å². The van der Waals surface area contributed by atoms with Gasteiger partial charge in [0.25, 0.3) is 0 Å². The van der Waals surface area contributed by atoms with E-state index in [4.69, 9.17) is 4.74 Å². The lowest BCUT2D eigenvalue weighted by molar-refractivity contribution is 0.232. The Hall–Kier alpha value is -2.37. The summed E-state index contributed by atoms with van der Waals surface area (Å²) in [5.41, 5.74) is 1.05. The number of benzene rings is 1. The molecular formula is C17H21FN4O. The van der Waals surface area contributed by atoms with Gasteiger partial charge in [-0.1, -0.05) is 0 Å². The number of hydrogen-bond donors (Lipinski definition) is 0. The summed E-state index contributed by atoms with van der Waals surface area (Å²) in [5.74, 6) is 1.09. The van der Waals surface area contributed by atoms with E-state index >= 15 is 0 Å². The van der Waals surface area contributed by atoms with Crippen LogP contribution in [0.25, 0.3) is 0 Å². The highest BCUT2D eigenvalue weighted by atomic mass is 19.1. The first-order valence-electron chi connectivity index (χ1n) is 7.87. The van der Waals surface area contributed by atoms with Gasteiger partial charge in [-0.25, -0.2) is 9.37 Å². The van der Waals surface area contributed by atoms with E-state index < -0.39 is 0 Å². The van der Waals surface area contributed by atoms with Crippen molar-refractivity contribution in [1.82, 2.24) is 9.97 Å². The lowest BCUT2D eigenvalue weighted by atomic mass is 10.2. The van der Waals surface area contributed by atoms with Crippen LogP contribution in [0.4, 0.5) is 16.0 Å². The second-order valence-corrected chi connectivity index (χ2v) is 5.81. The number of halogens is 1. The van der Waals surface area contributed by atoms with Crippen LogP contribution < -0.4 is 14.5 Å². The third-order valence-corrected chi connectivity index (χ3v) is 3.73. The van der Waals surface area contributed by atoms with Crippen LogP contribution >= 0.6 is 0 Å². The molecule has 1 aliphatic rings. The highest BCUT2D eigenvalue weighted by molar-refractivity contribution is 5.48. The van der Waals surface area contributed by atoms with Crippen molar-refractivity contribution < 1.29 is 9.13 Å². The van der Waals surface area contributed by atoms with Gasteiger partial charge in [-0.15, -0.1) is 0 Å². The Morgan fingerprint density at radius 2 is 1.65 bits per heavy atom. The van der Waals surface area contributed by atoms with Crippen molar-refractivity contribution in [3.05, 3.63) is 42.3 Å². The molecule has 1 aliphatic heterocycles. The predicted molar refractivity (Wildman–Crippen MR) is 88.6 cm³/mol. The second kappa shape index (κ2) is 6.81. The smallest absolute Gasteiger partial charge is 0.228 e. The molecule has 0 unspecified atom stereocenters. The van der Waals surface area contributed by atoms with Gasteiger partial charge in [0.15, 0.2) is 0 Å². The third-order valence-electron chi connectivity index (χ3n) is 3.73. The quantitative estimate of drug-likeness (QED) is 0.867. The number of aromatic nitrogens is 2. The van der Waals surface area contributed by atoms with E-state index in [9.17, 15) is 4.39 Å². The summed E-state index contributed by atoms with van der Waals surface area (Å²) in [4.78, 5) is 13.2. The Labute approximate surface area is 135 Å². The fourth-order valence-electron chi connectivity index (χ4n) is 2.61. The largest absolute Gasteiger partial charge is 0.475 e. The molecule has 23 heavy (non-hydrogen) atoms. The Morgan fingerprint density at radius 1 is 1.00 bits per heavy atom. The molecule has 0 atom stereocenters. The molecule has 0 aliphatic carbocycles. The fourth-order valence-corrected chi connectivity index (χ4v) is 2.61. The summed E-state index contributed by atoms with van der Waals surface area (Å²) >= 11 is 0. The van der Waals surface area contributed by atoms with Gasteiger partial charge in [0, 0.05) is 44.1 Å². The van der Waals surface area contributed by atoms with Gasteiger partial charge >= 0.3 is 0 Å². The molecule has 6 heteroatoms. The van der Waals surface area contributed by atoms with Crippen LogP contribution in [0, 0.1) is 5.82 Å². The zero-order valence-corrected chi connectivity index (χ0v) is 13.4. The maximum Gasteiger partial charge on any atom is 0.228 e. The molecule has 0 radical (unpaired) electrons. The van der Waals surface area contributed by atoms with Crippen molar-refractivity contribution in [2.75, 3.05) is 36.0 Å². The maximum atomic E-state index is 13.0. The van der Waals surface area contributed by atoms with E-state index in [1.165, 1.54) is 12.1 Å². The van der Waals surface area contributed by atoms with Gasteiger partial charge in [-0.3, -0.25) is 0 Å². The summed E-state index contributed by atoms with van der Waals surface area (Å²) in [6.45, 7) is 7.30. The molecule has 0 amide bonds. The summed E-state index contributed by atoms with van der Waals surface area (Å²) in [6, 6.07) is 8.41. The molecule has 1 fully saturated rings. The Kier molecular flexibility index (Phi) is 4.60.